The molecule has 0 fully saturated rings. The summed E-state index contributed by atoms with van der Waals surface area (Å²) in [7, 11) is 0. The van der Waals surface area contributed by atoms with Crippen LogP contribution >= 0.6 is 11.6 Å². The molecule has 0 atom stereocenters. The molecule has 0 spiro atoms. The third-order valence-corrected chi connectivity index (χ3v) is 4.72. The molecule has 0 aliphatic rings. The summed E-state index contributed by atoms with van der Waals surface area (Å²) >= 11 is 5.73. The highest BCUT2D eigenvalue weighted by Gasteiger charge is 2.16. The summed E-state index contributed by atoms with van der Waals surface area (Å²) in [5.74, 6) is -1.22. The first-order chi connectivity index (χ1) is 13.7. The van der Waals surface area contributed by atoms with E-state index in [1.54, 1.807) is 0 Å². The van der Waals surface area contributed by atoms with Crippen molar-refractivity contribution in [2.24, 2.45) is 0 Å². The fourth-order valence-electron chi connectivity index (χ4n) is 2.75. The topological polar surface area (TPSA) is 112 Å². The van der Waals surface area contributed by atoms with Gasteiger partial charge in [-0.15, -0.1) is 0 Å². The van der Waals surface area contributed by atoms with Crippen LogP contribution in [-0.4, -0.2) is 23.4 Å². The van der Waals surface area contributed by atoms with E-state index in [4.69, 9.17) is 20.8 Å². The van der Waals surface area contributed by atoms with Gasteiger partial charge in [0.05, 0.1) is 17.6 Å². The Morgan fingerprint density at radius 2 is 1.93 bits per heavy atom. The summed E-state index contributed by atoms with van der Waals surface area (Å²) in [5.41, 5.74) is 3.34. The minimum absolute atomic E-state index is 0.0443. The van der Waals surface area contributed by atoms with Crippen molar-refractivity contribution in [3.05, 3.63) is 68.4 Å². The number of nitro groups is 1. The molecule has 9 heteroatoms. The number of nitrogens with zero attached hydrogens (tertiary/aromatic N) is 1. The molecule has 1 heterocycles. The van der Waals surface area contributed by atoms with Gasteiger partial charge < -0.3 is 14.5 Å². The molecular weight excluding hydrogens is 400 g/mol. The molecule has 0 bridgehead atoms. The van der Waals surface area contributed by atoms with Gasteiger partial charge in [-0.1, -0.05) is 11.6 Å². The zero-order valence-corrected chi connectivity index (χ0v) is 16.4. The lowest BCUT2D eigenvalue weighted by atomic mass is 10.0. The summed E-state index contributed by atoms with van der Waals surface area (Å²) in [4.78, 5) is 34.3. The summed E-state index contributed by atoms with van der Waals surface area (Å²) in [6.07, 6.45) is 1.45. The average Bonchev–Trinajstić information content (AvgIpc) is 3.03. The van der Waals surface area contributed by atoms with Crippen LogP contribution < -0.4 is 5.32 Å². The molecular formula is C20H17ClN2O6. The van der Waals surface area contributed by atoms with Crippen LogP contribution in [0.2, 0.25) is 5.02 Å². The number of hydrogen-bond acceptors (Lipinski definition) is 6. The van der Waals surface area contributed by atoms with E-state index in [0.29, 0.717) is 11.1 Å². The minimum atomic E-state index is -0.656. The number of amides is 1. The van der Waals surface area contributed by atoms with Crippen LogP contribution in [0.1, 0.15) is 16.7 Å². The van der Waals surface area contributed by atoms with Crippen molar-refractivity contribution in [3.63, 3.8) is 0 Å². The number of benzene rings is 2. The zero-order chi connectivity index (χ0) is 21.1. The molecule has 29 heavy (non-hydrogen) atoms. The van der Waals surface area contributed by atoms with Crippen LogP contribution in [0, 0.1) is 24.0 Å². The highest BCUT2D eigenvalue weighted by atomic mass is 35.5. The Morgan fingerprint density at radius 3 is 2.66 bits per heavy atom. The summed E-state index contributed by atoms with van der Waals surface area (Å²) in [6.45, 7) is 3.41. The Labute approximate surface area is 170 Å². The fourth-order valence-corrected chi connectivity index (χ4v) is 2.94. The highest BCUT2D eigenvalue weighted by Crippen LogP contribution is 2.27. The number of carbonyl (C=O) groups excluding carboxylic acids is 2. The standard InChI is InChI=1S/C20H17ClN2O6/c1-11-5-15-13(9-28-18(15)6-12(11)2)7-20(25)29-10-19(24)22-14-3-4-16(21)17(8-14)23(26)27/h3-6,8-9H,7,10H2,1-2H3,(H,22,24). The lowest BCUT2D eigenvalue weighted by molar-refractivity contribution is -0.384. The van der Waals surface area contributed by atoms with E-state index in [0.717, 1.165) is 22.6 Å². The van der Waals surface area contributed by atoms with Gasteiger partial charge in [0, 0.05) is 22.7 Å². The maximum atomic E-state index is 12.1. The van der Waals surface area contributed by atoms with Crippen molar-refractivity contribution in [1.82, 2.24) is 0 Å². The Hall–Kier alpha value is -3.39. The van der Waals surface area contributed by atoms with Crippen LogP contribution in [0.5, 0.6) is 0 Å². The fraction of sp³-hybridized carbons (Fsp3) is 0.200. The molecule has 8 nitrogen and oxygen atoms in total. The third kappa shape index (κ3) is 4.72. The largest absolute Gasteiger partial charge is 0.464 e. The highest BCUT2D eigenvalue weighted by molar-refractivity contribution is 6.32. The predicted octanol–water partition coefficient (Wildman–Crippen LogP) is 4.34. The summed E-state index contributed by atoms with van der Waals surface area (Å²) in [6, 6.07) is 7.69. The number of carbonyl (C=O) groups is 2. The predicted molar refractivity (Wildman–Crippen MR) is 107 cm³/mol. The van der Waals surface area contributed by atoms with Gasteiger partial charge >= 0.3 is 5.97 Å². The second-order valence-corrected chi connectivity index (χ2v) is 6.91. The van der Waals surface area contributed by atoms with Crippen LogP contribution in [0.4, 0.5) is 11.4 Å². The van der Waals surface area contributed by atoms with Gasteiger partial charge in [0.25, 0.3) is 11.6 Å². The van der Waals surface area contributed by atoms with Crippen molar-refractivity contribution in [3.8, 4) is 0 Å². The van der Waals surface area contributed by atoms with Crippen molar-refractivity contribution >= 4 is 45.8 Å². The lowest BCUT2D eigenvalue weighted by Crippen LogP contribution is -2.21. The van der Waals surface area contributed by atoms with Crippen LogP contribution in [-0.2, 0) is 20.7 Å². The number of ether oxygens (including phenoxy) is 1. The molecule has 0 aliphatic carbocycles. The average molecular weight is 417 g/mol. The first kappa shape index (κ1) is 20.3. The number of hydrogen-bond donors (Lipinski definition) is 1. The second-order valence-electron chi connectivity index (χ2n) is 6.50. The van der Waals surface area contributed by atoms with Gasteiger partial charge in [0.1, 0.15) is 10.6 Å². The number of esters is 1. The van der Waals surface area contributed by atoms with Gasteiger partial charge in [-0.05, 0) is 49.2 Å². The molecule has 3 rings (SSSR count). The number of anilines is 1. The number of rotatable bonds is 6. The van der Waals surface area contributed by atoms with Crippen molar-refractivity contribution < 1.29 is 23.7 Å². The SMILES string of the molecule is Cc1cc2occ(CC(=O)OCC(=O)Nc3ccc(Cl)c([N+](=O)[O-])c3)c2cc1C. The second kappa shape index (κ2) is 8.32. The molecule has 3 aromatic rings. The molecule has 1 N–H and O–H groups in total. The number of fused-ring (bicyclic) bond motifs is 1. The molecule has 0 aliphatic heterocycles. The molecule has 2 aromatic carbocycles. The van der Waals surface area contributed by atoms with Crippen molar-refractivity contribution in [2.45, 2.75) is 20.3 Å². The Balaban J connectivity index is 1.58. The van der Waals surface area contributed by atoms with Crippen LogP contribution in [0.3, 0.4) is 0 Å². The summed E-state index contributed by atoms with van der Waals surface area (Å²) in [5, 5.41) is 14.1. The third-order valence-electron chi connectivity index (χ3n) is 4.40. The van der Waals surface area contributed by atoms with Gasteiger partial charge in [0.15, 0.2) is 6.61 Å². The van der Waals surface area contributed by atoms with Crippen LogP contribution in [0.25, 0.3) is 11.0 Å². The van der Waals surface area contributed by atoms with Crippen molar-refractivity contribution in [2.75, 3.05) is 11.9 Å². The molecule has 1 amide bonds. The Kier molecular flexibility index (Phi) is 5.84. The normalized spacial score (nSPS) is 10.7. The van der Waals surface area contributed by atoms with E-state index in [2.05, 4.69) is 5.32 Å². The number of halogens is 1. The molecule has 1 aromatic heterocycles. The van der Waals surface area contributed by atoms with Gasteiger partial charge in [-0.25, -0.2) is 0 Å². The van der Waals surface area contributed by atoms with E-state index in [-0.39, 0.29) is 22.8 Å². The molecule has 150 valence electrons. The number of nitro benzene ring substituents is 1. The smallest absolute Gasteiger partial charge is 0.310 e. The van der Waals surface area contributed by atoms with E-state index in [1.165, 1.54) is 18.4 Å². The molecule has 0 unspecified atom stereocenters. The van der Waals surface area contributed by atoms with E-state index in [1.807, 2.05) is 26.0 Å². The van der Waals surface area contributed by atoms with Gasteiger partial charge in [-0.3, -0.25) is 19.7 Å². The van der Waals surface area contributed by atoms with E-state index < -0.39 is 23.4 Å². The molecule has 0 radical (unpaired) electrons. The van der Waals surface area contributed by atoms with E-state index >= 15 is 0 Å². The van der Waals surface area contributed by atoms with Crippen molar-refractivity contribution in [1.29, 1.82) is 0 Å². The Morgan fingerprint density at radius 1 is 1.21 bits per heavy atom. The maximum Gasteiger partial charge on any atom is 0.310 e. The van der Waals surface area contributed by atoms with Gasteiger partial charge in [0.2, 0.25) is 0 Å². The monoisotopic (exact) mass is 416 g/mol. The lowest BCUT2D eigenvalue weighted by Gasteiger charge is -2.07. The van der Waals surface area contributed by atoms with E-state index in [9.17, 15) is 19.7 Å². The maximum absolute atomic E-state index is 12.1. The number of nitrogens with one attached hydrogen (secondary N) is 1. The zero-order valence-electron chi connectivity index (χ0n) is 15.7. The molecule has 0 saturated heterocycles. The first-order valence-electron chi connectivity index (χ1n) is 8.61. The summed E-state index contributed by atoms with van der Waals surface area (Å²) < 4.78 is 10.5. The Bertz CT molecular complexity index is 1120. The number of furan rings is 1. The quantitative estimate of drug-likeness (QED) is 0.363. The number of aryl methyl sites for hydroxylation is 2. The van der Waals surface area contributed by atoms with Crippen LogP contribution in [0.15, 0.2) is 41.0 Å². The first-order valence-corrected chi connectivity index (χ1v) is 8.99. The minimum Gasteiger partial charge on any atom is -0.464 e. The molecule has 0 saturated carbocycles. The van der Waals surface area contributed by atoms with Gasteiger partial charge in [-0.2, -0.15) is 0 Å².